The summed E-state index contributed by atoms with van der Waals surface area (Å²) in [5, 5.41) is 2.95. The number of hydrogen-bond donors (Lipinski definition) is 1. The number of piperidine rings is 1. The number of ether oxygens (including phenoxy) is 2. The predicted molar refractivity (Wildman–Crippen MR) is 111 cm³/mol. The number of carbonyl (C=O) groups excluding carboxylic acids is 2. The van der Waals surface area contributed by atoms with Gasteiger partial charge in [0.2, 0.25) is 18.6 Å². The molecular weight excluding hydrogens is 368 g/mol. The van der Waals surface area contributed by atoms with Crippen LogP contribution in [0.1, 0.15) is 24.0 Å². The van der Waals surface area contributed by atoms with Crippen molar-refractivity contribution < 1.29 is 19.1 Å². The number of hydrogen-bond acceptors (Lipinski definition) is 4. The molecule has 1 N–H and O–H groups in total. The molecule has 0 bridgehead atoms. The average Bonchev–Trinajstić information content (AvgIpc) is 3.21. The third-order valence-electron chi connectivity index (χ3n) is 5.41. The van der Waals surface area contributed by atoms with Gasteiger partial charge in [-0.15, -0.1) is 0 Å². The second-order valence-electron chi connectivity index (χ2n) is 7.35. The molecule has 0 spiro atoms. The summed E-state index contributed by atoms with van der Waals surface area (Å²) in [6.45, 7) is 3.39. The van der Waals surface area contributed by atoms with E-state index in [1.54, 1.807) is 29.2 Å². The zero-order valence-corrected chi connectivity index (χ0v) is 16.4. The van der Waals surface area contributed by atoms with E-state index in [1.165, 1.54) is 0 Å². The SMILES string of the molecule is Cc1ccccc1C=CC(=O)N1CCC(C(=O)Nc2ccc3c(c2)OCO3)CC1. The number of nitrogens with one attached hydrogen (secondary N) is 1. The fraction of sp³-hybridized carbons (Fsp3) is 0.304. The highest BCUT2D eigenvalue weighted by atomic mass is 16.7. The van der Waals surface area contributed by atoms with E-state index in [1.807, 2.05) is 37.3 Å². The first-order valence-corrected chi connectivity index (χ1v) is 9.83. The lowest BCUT2D eigenvalue weighted by atomic mass is 9.95. The zero-order chi connectivity index (χ0) is 20.2. The van der Waals surface area contributed by atoms with Gasteiger partial charge in [-0.25, -0.2) is 0 Å². The highest BCUT2D eigenvalue weighted by molar-refractivity contribution is 5.94. The van der Waals surface area contributed by atoms with Crippen molar-refractivity contribution in [1.29, 1.82) is 0 Å². The third-order valence-corrected chi connectivity index (χ3v) is 5.41. The van der Waals surface area contributed by atoms with Crippen molar-refractivity contribution >= 4 is 23.6 Å². The summed E-state index contributed by atoms with van der Waals surface area (Å²) in [6, 6.07) is 13.3. The monoisotopic (exact) mass is 392 g/mol. The first-order chi connectivity index (χ1) is 14.1. The van der Waals surface area contributed by atoms with Crippen LogP contribution in [0.4, 0.5) is 5.69 Å². The molecule has 0 unspecified atom stereocenters. The standard InChI is InChI=1S/C23H24N2O4/c1-16-4-2-3-5-17(16)6-9-22(26)25-12-10-18(11-13-25)23(27)24-19-7-8-20-21(14-19)29-15-28-20/h2-9,14,18H,10-13,15H2,1H3,(H,24,27). The maximum absolute atomic E-state index is 12.6. The molecule has 0 radical (unpaired) electrons. The predicted octanol–water partition coefficient (Wildman–Crippen LogP) is 3.61. The van der Waals surface area contributed by atoms with Crippen LogP contribution in [0.25, 0.3) is 6.08 Å². The Morgan fingerprint density at radius 2 is 1.83 bits per heavy atom. The van der Waals surface area contributed by atoms with Crippen molar-refractivity contribution in [3.05, 3.63) is 59.7 Å². The van der Waals surface area contributed by atoms with Gasteiger partial charge in [0.15, 0.2) is 11.5 Å². The second-order valence-corrected chi connectivity index (χ2v) is 7.35. The molecule has 0 aliphatic carbocycles. The Balaban J connectivity index is 1.29. The van der Waals surface area contributed by atoms with Gasteiger partial charge in [0.05, 0.1) is 0 Å². The number of likely N-dealkylation sites (tertiary alicyclic amines) is 1. The van der Waals surface area contributed by atoms with E-state index in [0.717, 1.165) is 11.1 Å². The fourth-order valence-corrected chi connectivity index (χ4v) is 3.62. The van der Waals surface area contributed by atoms with Crippen LogP contribution in [-0.4, -0.2) is 36.6 Å². The van der Waals surface area contributed by atoms with Crippen molar-refractivity contribution in [3.8, 4) is 11.5 Å². The molecule has 4 rings (SSSR count). The number of rotatable bonds is 4. The van der Waals surface area contributed by atoms with E-state index in [4.69, 9.17) is 9.47 Å². The van der Waals surface area contributed by atoms with Gasteiger partial charge < -0.3 is 19.7 Å². The van der Waals surface area contributed by atoms with Crippen LogP contribution >= 0.6 is 0 Å². The minimum Gasteiger partial charge on any atom is -0.454 e. The summed E-state index contributed by atoms with van der Waals surface area (Å²) < 4.78 is 10.6. The van der Waals surface area contributed by atoms with Crippen LogP contribution in [0.2, 0.25) is 0 Å². The van der Waals surface area contributed by atoms with Crippen molar-refractivity contribution in [3.63, 3.8) is 0 Å². The van der Waals surface area contributed by atoms with Gasteiger partial charge in [-0.3, -0.25) is 9.59 Å². The van der Waals surface area contributed by atoms with Gasteiger partial charge in [-0.2, -0.15) is 0 Å². The lowest BCUT2D eigenvalue weighted by molar-refractivity contribution is -0.130. The van der Waals surface area contributed by atoms with Crippen LogP contribution in [0.5, 0.6) is 11.5 Å². The van der Waals surface area contributed by atoms with Crippen molar-refractivity contribution in [2.24, 2.45) is 5.92 Å². The molecule has 1 saturated heterocycles. The van der Waals surface area contributed by atoms with E-state index in [2.05, 4.69) is 5.32 Å². The normalized spacial score (nSPS) is 16.2. The molecule has 0 atom stereocenters. The Morgan fingerprint density at radius 3 is 2.62 bits per heavy atom. The van der Waals surface area contributed by atoms with Gasteiger partial charge >= 0.3 is 0 Å². The number of nitrogens with zero attached hydrogens (tertiary/aromatic N) is 1. The molecule has 0 aromatic heterocycles. The second kappa shape index (κ2) is 8.39. The Kier molecular flexibility index (Phi) is 5.51. The van der Waals surface area contributed by atoms with Crippen LogP contribution in [-0.2, 0) is 9.59 Å². The number of aryl methyl sites for hydroxylation is 1. The first-order valence-electron chi connectivity index (χ1n) is 9.83. The number of benzene rings is 2. The van der Waals surface area contributed by atoms with Crippen molar-refractivity contribution in [1.82, 2.24) is 4.90 Å². The van der Waals surface area contributed by atoms with E-state index in [-0.39, 0.29) is 24.5 Å². The summed E-state index contributed by atoms with van der Waals surface area (Å²) in [5.74, 6) is 1.19. The number of amides is 2. The highest BCUT2D eigenvalue weighted by Crippen LogP contribution is 2.34. The minimum absolute atomic E-state index is 0.0112. The Bertz CT molecular complexity index is 946. The average molecular weight is 392 g/mol. The quantitative estimate of drug-likeness (QED) is 0.807. The van der Waals surface area contributed by atoms with Gasteiger partial charge in [0, 0.05) is 36.8 Å². The molecule has 2 aromatic carbocycles. The summed E-state index contributed by atoms with van der Waals surface area (Å²) in [6.07, 6.45) is 4.78. The van der Waals surface area contributed by atoms with Gasteiger partial charge in [0.25, 0.3) is 0 Å². The molecule has 29 heavy (non-hydrogen) atoms. The molecule has 0 saturated carbocycles. The van der Waals surface area contributed by atoms with E-state index >= 15 is 0 Å². The van der Waals surface area contributed by atoms with Gasteiger partial charge in [-0.05, 0) is 49.1 Å². The molecule has 6 nitrogen and oxygen atoms in total. The molecular formula is C23H24N2O4. The van der Waals surface area contributed by atoms with Crippen LogP contribution in [0.3, 0.4) is 0 Å². The summed E-state index contributed by atoms with van der Waals surface area (Å²) in [7, 11) is 0. The number of anilines is 1. The Labute approximate surface area is 170 Å². The minimum atomic E-state index is -0.107. The molecule has 6 heteroatoms. The van der Waals surface area contributed by atoms with E-state index < -0.39 is 0 Å². The first kappa shape index (κ1) is 19.1. The topological polar surface area (TPSA) is 67.9 Å². The molecule has 2 aliphatic heterocycles. The largest absolute Gasteiger partial charge is 0.454 e. The summed E-state index contributed by atoms with van der Waals surface area (Å²) in [4.78, 5) is 26.9. The molecule has 2 amide bonds. The van der Waals surface area contributed by atoms with E-state index in [9.17, 15) is 9.59 Å². The zero-order valence-electron chi connectivity index (χ0n) is 16.4. The van der Waals surface area contributed by atoms with Crippen LogP contribution in [0, 0.1) is 12.8 Å². The molecule has 150 valence electrons. The lowest BCUT2D eigenvalue weighted by Crippen LogP contribution is -2.40. The number of carbonyl (C=O) groups is 2. The number of fused-ring (bicyclic) bond motifs is 1. The smallest absolute Gasteiger partial charge is 0.246 e. The summed E-state index contributed by atoms with van der Waals surface area (Å²) >= 11 is 0. The van der Waals surface area contributed by atoms with Crippen LogP contribution < -0.4 is 14.8 Å². The van der Waals surface area contributed by atoms with Crippen molar-refractivity contribution in [2.75, 3.05) is 25.2 Å². The van der Waals surface area contributed by atoms with Crippen LogP contribution in [0.15, 0.2) is 48.5 Å². The highest BCUT2D eigenvalue weighted by Gasteiger charge is 2.27. The molecule has 2 aliphatic rings. The molecule has 2 aromatic rings. The molecule has 2 heterocycles. The van der Waals surface area contributed by atoms with Crippen molar-refractivity contribution in [2.45, 2.75) is 19.8 Å². The third kappa shape index (κ3) is 4.42. The Morgan fingerprint density at radius 1 is 1.07 bits per heavy atom. The van der Waals surface area contributed by atoms with Gasteiger partial charge in [0.1, 0.15) is 0 Å². The Hall–Kier alpha value is -3.28. The van der Waals surface area contributed by atoms with Gasteiger partial charge in [-0.1, -0.05) is 24.3 Å². The molecule has 1 fully saturated rings. The maximum Gasteiger partial charge on any atom is 0.246 e. The fourth-order valence-electron chi connectivity index (χ4n) is 3.62. The van der Waals surface area contributed by atoms with E-state index in [0.29, 0.717) is 43.1 Å². The summed E-state index contributed by atoms with van der Waals surface area (Å²) in [5.41, 5.74) is 2.87. The maximum atomic E-state index is 12.6. The lowest BCUT2D eigenvalue weighted by Gasteiger charge is -2.30.